The summed E-state index contributed by atoms with van der Waals surface area (Å²) in [5.41, 5.74) is 0.941. The molecule has 3 unspecified atom stereocenters. The Morgan fingerprint density at radius 1 is 1.56 bits per heavy atom. The number of likely N-dealkylation sites (N-methyl/N-ethyl adjacent to an activating group) is 1. The van der Waals surface area contributed by atoms with Crippen LogP contribution in [0, 0.1) is 5.92 Å². The van der Waals surface area contributed by atoms with Gasteiger partial charge in [-0.2, -0.15) is 0 Å². The maximum atomic E-state index is 11.2. The van der Waals surface area contributed by atoms with Crippen molar-refractivity contribution in [1.29, 1.82) is 0 Å². The molecule has 3 atom stereocenters. The molecule has 0 bridgehead atoms. The van der Waals surface area contributed by atoms with Crippen LogP contribution >= 0.6 is 0 Å². The molecule has 5 nitrogen and oxygen atoms in total. The van der Waals surface area contributed by atoms with Crippen molar-refractivity contribution in [2.45, 2.75) is 19.0 Å². The molecule has 0 aliphatic carbocycles. The Bertz CT molecular complexity index is 410. The summed E-state index contributed by atoms with van der Waals surface area (Å²) in [5, 5.41) is 9.16. The molecular formula is C13H18N2O3. The van der Waals surface area contributed by atoms with E-state index in [1.54, 1.807) is 6.20 Å². The molecule has 0 amide bonds. The number of carboxylic acid groups (broad SMARTS) is 1. The molecule has 0 spiro atoms. The van der Waals surface area contributed by atoms with Gasteiger partial charge in [-0.1, -0.05) is 6.07 Å². The van der Waals surface area contributed by atoms with E-state index in [0.29, 0.717) is 13.2 Å². The molecular weight excluding hydrogens is 232 g/mol. The first kappa shape index (κ1) is 13.0. The summed E-state index contributed by atoms with van der Waals surface area (Å²) in [6.07, 6.45) is 1.75. The van der Waals surface area contributed by atoms with Gasteiger partial charge in [0.1, 0.15) is 0 Å². The Kier molecular flexibility index (Phi) is 3.93. The predicted molar refractivity (Wildman–Crippen MR) is 66.1 cm³/mol. The highest BCUT2D eigenvalue weighted by Gasteiger charge is 2.38. The minimum Gasteiger partial charge on any atom is -0.481 e. The zero-order chi connectivity index (χ0) is 13.1. The van der Waals surface area contributed by atoms with Crippen LogP contribution in [0.5, 0.6) is 0 Å². The van der Waals surface area contributed by atoms with E-state index < -0.39 is 11.9 Å². The number of rotatable bonds is 4. The summed E-state index contributed by atoms with van der Waals surface area (Å²) in [4.78, 5) is 17.5. The summed E-state index contributed by atoms with van der Waals surface area (Å²) in [6, 6.07) is 5.73. The van der Waals surface area contributed by atoms with E-state index in [1.165, 1.54) is 0 Å². The lowest BCUT2D eigenvalue weighted by Gasteiger charge is -2.31. The van der Waals surface area contributed by atoms with Crippen LogP contribution in [0.3, 0.4) is 0 Å². The lowest BCUT2D eigenvalue weighted by molar-refractivity contribution is -0.143. The highest BCUT2D eigenvalue weighted by Crippen LogP contribution is 2.26. The third kappa shape index (κ3) is 2.52. The fourth-order valence-electron chi connectivity index (χ4n) is 2.30. The van der Waals surface area contributed by atoms with Crippen molar-refractivity contribution < 1.29 is 14.6 Å². The largest absolute Gasteiger partial charge is 0.481 e. The minimum absolute atomic E-state index is 0.0692. The molecule has 1 N–H and O–H groups in total. The van der Waals surface area contributed by atoms with Gasteiger partial charge in [0.2, 0.25) is 0 Å². The Morgan fingerprint density at radius 3 is 2.94 bits per heavy atom. The van der Waals surface area contributed by atoms with E-state index in [9.17, 15) is 4.79 Å². The van der Waals surface area contributed by atoms with Gasteiger partial charge in [0.25, 0.3) is 0 Å². The number of pyridine rings is 1. The molecule has 0 saturated carbocycles. The van der Waals surface area contributed by atoms with E-state index in [1.807, 2.05) is 37.1 Å². The average Bonchev–Trinajstić information content (AvgIpc) is 2.87. The van der Waals surface area contributed by atoms with Gasteiger partial charge < -0.3 is 9.84 Å². The van der Waals surface area contributed by atoms with Crippen molar-refractivity contribution in [2.75, 3.05) is 20.3 Å². The lowest BCUT2D eigenvalue weighted by Crippen LogP contribution is -2.42. The molecule has 2 heterocycles. The Hall–Kier alpha value is -1.46. The van der Waals surface area contributed by atoms with Crippen LogP contribution in [0.25, 0.3) is 0 Å². The van der Waals surface area contributed by atoms with Crippen LogP contribution in [0.1, 0.15) is 18.7 Å². The van der Waals surface area contributed by atoms with E-state index in [2.05, 4.69) is 4.98 Å². The SMILES string of the molecule is CC(c1ccccn1)N(C)C1COCC1C(=O)O. The van der Waals surface area contributed by atoms with Crippen molar-refractivity contribution in [3.63, 3.8) is 0 Å². The maximum absolute atomic E-state index is 11.2. The third-order valence-electron chi connectivity index (χ3n) is 3.62. The predicted octanol–water partition coefficient (Wildman–Crippen LogP) is 1.17. The second kappa shape index (κ2) is 5.46. The maximum Gasteiger partial charge on any atom is 0.310 e. The van der Waals surface area contributed by atoms with Gasteiger partial charge in [-0.25, -0.2) is 0 Å². The zero-order valence-electron chi connectivity index (χ0n) is 10.6. The molecule has 0 aromatic carbocycles. The number of carbonyl (C=O) groups is 1. The van der Waals surface area contributed by atoms with Gasteiger partial charge in [0.15, 0.2) is 0 Å². The lowest BCUT2D eigenvalue weighted by atomic mass is 10.0. The fourth-order valence-corrected chi connectivity index (χ4v) is 2.30. The zero-order valence-corrected chi connectivity index (χ0v) is 10.6. The molecule has 0 radical (unpaired) electrons. The average molecular weight is 250 g/mol. The van der Waals surface area contributed by atoms with Gasteiger partial charge in [0.05, 0.1) is 24.8 Å². The summed E-state index contributed by atoms with van der Waals surface area (Å²) in [7, 11) is 1.93. The van der Waals surface area contributed by atoms with E-state index in [-0.39, 0.29) is 12.1 Å². The van der Waals surface area contributed by atoms with Crippen molar-refractivity contribution in [3.8, 4) is 0 Å². The number of carboxylic acids is 1. The van der Waals surface area contributed by atoms with Crippen molar-refractivity contribution in [1.82, 2.24) is 9.88 Å². The van der Waals surface area contributed by atoms with Crippen LogP contribution < -0.4 is 0 Å². The van der Waals surface area contributed by atoms with E-state index in [0.717, 1.165) is 5.69 Å². The van der Waals surface area contributed by atoms with Crippen LogP contribution in [0.15, 0.2) is 24.4 Å². The second-order valence-corrected chi connectivity index (χ2v) is 4.65. The molecule has 1 aliphatic heterocycles. The standard InChI is InChI=1S/C13H18N2O3/c1-9(11-5-3-4-6-14-11)15(2)12-8-18-7-10(12)13(16)17/h3-6,9-10,12H,7-8H2,1-2H3,(H,16,17). The normalized spacial score (nSPS) is 25.3. The molecule has 1 aromatic heterocycles. The summed E-state index contributed by atoms with van der Waals surface area (Å²) >= 11 is 0. The van der Waals surface area contributed by atoms with Crippen molar-refractivity contribution >= 4 is 5.97 Å². The number of hydrogen-bond acceptors (Lipinski definition) is 4. The molecule has 5 heteroatoms. The third-order valence-corrected chi connectivity index (χ3v) is 3.62. The minimum atomic E-state index is -0.794. The monoisotopic (exact) mass is 250 g/mol. The number of hydrogen-bond donors (Lipinski definition) is 1. The first-order chi connectivity index (χ1) is 8.61. The topological polar surface area (TPSA) is 62.7 Å². The molecule has 2 rings (SSSR count). The van der Waals surface area contributed by atoms with Gasteiger partial charge in [0, 0.05) is 18.3 Å². The summed E-state index contributed by atoms with van der Waals surface area (Å²) in [6.45, 7) is 2.78. The number of ether oxygens (including phenoxy) is 1. The number of aliphatic carboxylic acids is 1. The van der Waals surface area contributed by atoms with E-state index in [4.69, 9.17) is 9.84 Å². The molecule has 18 heavy (non-hydrogen) atoms. The molecule has 98 valence electrons. The van der Waals surface area contributed by atoms with E-state index >= 15 is 0 Å². The molecule has 1 saturated heterocycles. The highest BCUT2D eigenvalue weighted by molar-refractivity contribution is 5.71. The molecule has 1 aromatic rings. The Morgan fingerprint density at radius 2 is 2.33 bits per heavy atom. The molecule has 1 fully saturated rings. The van der Waals surface area contributed by atoms with Crippen molar-refractivity contribution in [3.05, 3.63) is 30.1 Å². The summed E-state index contributed by atoms with van der Waals surface area (Å²) < 4.78 is 5.30. The first-order valence-electron chi connectivity index (χ1n) is 6.04. The highest BCUT2D eigenvalue weighted by atomic mass is 16.5. The molecule has 1 aliphatic rings. The van der Waals surface area contributed by atoms with Gasteiger partial charge in [-0.3, -0.25) is 14.7 Å². The van der Waals surface area contributed by atoms with Crippen LogP contribution in [0.4, 0.5) is 0 Å². The van der Waals surface area contributed by atoms with Crippen LogP contribution in [-0.4, -0.2) is 47.3 Å². The second-order valence-electron chi connectivity index (χ2n) is 4.65. The first-order valence-corrected chi connectivity index (χ1v) is 6.04. The number of nitrogens with zero attached hydrogens (tertiary/aromatic N) is 2. The summed E-state index contributed by atoms with van der Waals surface area (Å²) in [5.74, 6) is -1.25. The van der Waals surface area contributed by atoms with Crippen LogP contribution in [0.2, 0.25) is 0 Å². The van der Waals surface area contributed by atoms with Gasteiger partial charge in [-0.15, -0.1) is 0 Å². The van der Waals surface area contributed by atoms with Crippen molar-refractivity contribution in [2.24, 2.45) is 5.92 Å². The van der Waals surface area contributed by atoms with Crippen LogP contribution in [-0.2, 0) is 9.53 Å². The fraction of sp³-hybridized carbons (Fsp3) is 0.538. The Balaban J connectivity index is 2.11. The smallest absolute Gasteiger partial charge is 0.310 e. The van der Waals surface area contributed by atoms with Gasteiger partial charge in [-0.05, 0) is 26.1 Å². The number of aromatic nitrogens is 1. The quantitative estimate of drug-likeness (QED) is 0.869. The Labute approximate surface area is 106 Å². The van der Waals surface area contributed by atoms with Gasteiger partial charge >= 0.3 is 5.97 Å².